The standard InChI is InChI=1S/C14H29N5O3S.HI/c1-4-15-14(16-7-6-8-17-23(21,22)5-2)19-11-9-18(10-12-19)13(3)20;/h17H,4-12H2,1-3H3,(H,15,16);1H. The second-order valence-electron chi connectivity index (χ2n) is 5.38. The van der Waals surface area contributed by atoms with Crippen LogP contribution in [-0.4, -0.2) is 81.7 Å². The van der Waals surface area contributed by atoms with Crippen LogP contribution >= 0.6 is 24.0 Å². The molecule has 10 heteroatoms. The summed E-state index contributed by atoms with van der Waals surface area (Å²) in [6, 6.07) is 0. The second-order valence-corrected chi connectivity index (χ2v) is 7.48. The number of nitrogens with one attached hydrogen (secondary N) is 2. The number of hydrogen-bond acceptors (Lipinski definition) is 4. The molecule has 1 amide bonds. The fourth-order valence-electron chi connectivity index (χ4n) is 2.25. The minimum atomic E-state index is -3.13. The highest BCUT2D eigenvalue weighted by molar-refractivity contribution is 14.0. The van der Waals surface area contributed by atoms with Crippen molar-refractivity contribution in [2.75, 3.05) is 51.6 Å². The summed E-state index contributed by atoms with van der Waals surface area (Å²) in [6.07, 6.45) is 0.654. The van der Waals surface area contributed by atoms with Crippen LogP contribution in [0.25, 0.3) is 0 Å². The van der Waals surface area contributed by atoms with Crippen molar-refractivity contribution < 1.29 is 13.2 Å². The molecule has 0 radical (unpaired) electrons. The van der Waals surface area contributed by atoms with E-state index in [-0.39, 0.29) is 35.6 Å². The number of halogens is 1. The Morgan fingerprint density at radius 2 is 1.71 bits per heavy atom. The maximum absolute atomic E-state index is 11.4. The lowest BCUT2D eigenvalue weighted by molar-refractivity contribution is -0.130. The van der Waals surface area contributed by atoms with E-state index in [9.17, 15) is 13.2 Å². The molecule has 2 N–H and O–H groups in total. The summed E-state index contributed by atoms with van der Waals surface area (Å²) in [5.74, 6) is 1.03. The van der Waals surface area contributed by atoms with Crippen LogP contribution in [0.1, 0.15) is 27.2 Å². The van der Waals surface area contributed by atoms with E-state index in [1.807, 2.05) is 11.8 Å². The molecule has 24 heavy (non-hydrogen) atoms. The highest BCUT2D eigenvalue weighted by Gasteiger charge is 2.20. The predicted molar refractivity (Wildman–Crippen MR) is 107 cm³/mol. The lowest BCUT2D eigenvalue weighted by atomic mass is 10.3. The minimum Gasteiger partial charge on any atom is -0.357 e. The lowest BCUT2D eigenvalue weighted by Crippen LogP contribution is -2.53. The molecular weight excluding hydrogens is 445 g/mol. The summed E-state index contributed by atoms with van der Waals surface area (Å²) >= 11 is 0. The van der Waals surface area contributed by atoms with E-state index in [1.165, 1.54) is 0 Å². The first-order valence-electron chi connectivity index (χ1n) is 8.15. The van der Waals surface area contributed by atoms with Crippen molar-refractivity contribution in [3.8, 4) is 0 Å². The van der Waals surface area contributed by atoms with E-state index in [1.54, 1.807) is 13.8 Å². The Morgan fingerprint density at radius 1 is 1.12 bits per heavy atom. The quantitative estimate of drug-likeness (QED) is 0.235. The van der Waals surface area contributed by atoms with Crippen LogP contribution < -0.4 is 10.0 Å². The summed E-state index contributed by atoms with van der Waals surface area (Å²) in [7, 11) is -3.13. The maximum atomic E-state index is 11.4. The maximum Gasteiger partial charge on any atom is 0.219 e. The van der Waals surface area contributed by atoms with E-state index in [0.29, 0.717) is 32.6 Å². The van der Waals surface area contributed by atoms with Crippen molar-refractivity contribution in [3.05, 3.63) is 0 Å². The molecule has 0 atom stereocenters. The van der Waals surface area contributed by atoms with Gasteiger partial charge in [-0.25, -0.2) is 13.1 Å². The molecule has 0 aromatic heterocycles. The zero-order valence-electron chi connectivity index (χ0n) is 14.7. The fraction of sp³-hybridized carbons (Fsp3) is 0.857. The summed E-state index contributed by atoms with van der Waals surface area (Å²) < 4.78 is 25.2. The molecule has 0 aliphatic carbocycles. The molecule has 1 heterocycles. The van der Waals surface area contributed by atoms with Crippen LogP contribution in [0, 0.1) is 0 Å². The Hall–Kier alpha value is -0.620. The van der Waals surface area contributed by atoms with E-state index in [2.05, 4.69) is 19.9 Å². The average Bonchev–Trinajstić information content (AvgIpc) is 2.53. The van der Waals surface area contributed by atoms with E-state index >= 15 is 0 Å². The van der Waals surface area contributed by atoms with Gasteiger partial charge < -0.3 is 15.1 Å². The van der Waals surface area contributed by atoms with Crippen molar-refractivity contribution in [1.29, 1.82) is 0 Å². The average molecular weight is 475 g/mol. The molecule has 142 valence electrons. The zero-order valence-corrected chi connectivity index (χ0v) is 17.9. The molecule has 1 saturated heterocycles. The molecular formula is C14H30IN5O3S. The minimum absolute atomic E-state index is 0. The van der Waals surface area contributed by atoms with Crippen LogP contribution in [0.5, 0.6) is 0 Å². The molecule has 1 fully saturated rings. The van der Waals surface area contributed by atoms with Gasteiger partial charge >= 0.3 is 0 Å². The molecule has 1 aliphatic rings. The molecule has 0 aromatic rings. The number of hydrogen-bond donors (Lipinski definition) is 2. The monoisotopic (exact) mass is 475 g/mol. The Bertz CT molecular complexity index is 505. The van der Waals surface area contributed by atoms with E-state index < -0.39 is 10.0 Å². The SMILES string of the molecule is CCNC(=NCCCNS(=O)(=O)CC)N1CCN(C(C)=O)CC1.I. The number of carbonyl (C=O) groups is 1. The molecule has 0 spiro atoms. The van der Waals surface area contributed by atoms with Crippen LogP contribution in [0.3, 0.4) is 0 Å². The number of guanidine groups is 1. The topological polar surface area (TPSA) is 94.1 Å². The van der Waals surface area contributed by atoms with Gasteiger partial charge in [0.1, 0.15) is 0 Å². The number of carbonyl (C=O) groups excluding carboxylic acids is 1. The van der Waals surface area contributed by atoms with Crippen molar-refractivity contribution in [1.82, 2.24) is 19.8 Å². The van der Waals surface area contributed by atoms with Crippen molar-refractivity contribution in [2.24, 2.45) is 4.99 Å². The number of aliphatic imine (C=N–C) groups is 1. The van der Waals surface area contributed by atoms with Crippen LogP contribution in [0.4, 0.5) is 0 Å². The normalized spacial score (nSPS) is 15.9. The lowest BCUT2D eigenvalue weighted by Gasteiger charge is -2.36. The molecule has 1 aliphatic heterocycles. The van der Waals surface area contributed by atoms with Gasteiger partial charge in [-0.05, 0) is 20.3 Å². The summed E-state index contributed by atoms with van der Waals surface area (Å²) in [6.45, 7) is 9.87. The van der Waals surface area contributed by atoms with Crippen LogP contribution in [0.2, 0.25) is 0 Å². The van der Waals surface area contributed by atoms with Gasteiger partial charge in [-0.3, -0.25) is 9.79 Å². The summed E-state index contributed by atoms with van der Waals surface area (Å²) in [5.41, 5.74) is 0. The van der Waals surface area contributed by atoms with Crippen molar-refractivity contribution in [3.63, 3.8) is 0 Å². The van der Waals surface area contributed by atoms with Gasteiger partial charge in [-0.15, -0.1) is 24.0 Å². The third-order valence-electron chi connectivity index (χ3n) is 3.66. The molecule has 0 aromatic carbocycles. The van der Waals surface area contributed by atoms with Gasteiger partial charge in [0.25, 0.3) is 0 Å². The highest BCUT2D eigenvalue weighted by Crippen LogP contribution is 2.03. The summed E-state index contributed by atoms with van der Waals surface area (Å²) in [4.78, 5) is 19.9. The third kappa shape index (κ3) is 8.47. The largest absolute Gasteiger partial charge is 0.357 e. The van der Waals surface area contributed by atoms with Crippen molar-refractivity contribution >= 4 is 45.9 Å². The number of nitrogens with zero attached hydrogens (tertiary/aromatic N) is 3. The van der Waals surface area contributed by atoms with Gasteiger partial charge in [0.2, 0.25) is 15.9 Å². The van der Waals surface area contributed by atoms with Crippen LogP contribution in [-0.2, 0) is 14.8 Å². The smallest absolute Gasteiger partial charge is 0.219 e. The summed E-state index contributed by atoms with van der Waals surface area (Å²) in [5, 5.41) is 3.25. The fourth-order valence-corrected chi connectivity index (χ4v) is 2.91. The first kappa shape index (κ1) is 23.4. The third-order valence-corrected chi connectivity index (χ3v) is 5.06. The van der Waals surface area contributed by atoms with Crippen molar-refractivity contribution in [2.45, 2.75) is 27.2 Å². The second kappa shape index (κ2) is 11.9. The molecule has 0 unspecified atom stereocenters. The van der Waals surface area contributed by atoms with Gasteiger partial charge in [-0.2, -0.15) is 0 Å². The molecule has 0 saturated carbocycles. The molecule has 0 bridgehead atoms. The predicted octanol–water partition coefficient (Wildman–Crippen LogP) is 0.0634. The zero-order chi connectivity index (χ0) is 17.3. The molecule has 1 rings (SSSR count). The van der Waals surface area contributed by atoms with Gasteiger partial charge in [0.15, 0.2) is 5.96 Å². The Labute approximate surface area is 162 Å². The number of amides is 1. The number of rotatable bonds is 7. The Balaban J connectivity index is 0.00000529. The van der Waals surface area contributed by atoms with E-state index in [4.69, 9.17) is 0 Å². The highest BCUT2D eigenvalue weighted by atomic mass is 127. The number of piperazine rings is 1. The number of sulfonamides is 1. The van der Waals surface area contributed by atoms with Gasteiger partial charge in [-0.1, -0.05) is 0 Å². The Kier molecular flexibility index (Phi) is 11.5. The first-order chi connectivity index (χ1) is 10.9. The van der Waals surface area contributed by atoms with Crippen LogP contribution in [0.15, 0.2) is 4.99 Å². The van der Waals surface area contributed by atoms with Gasteiger partial charge in [0, 0.05) is 52.7 Å². The van der Waals surface area contributed by atoms with Gasteiger partial charge in [0.05, 0.1) is 5.75 Å². The van der Waals surface area contributed by atoms with E-state index in [0.717, 1.165) is 25.6 Å². The molecule has 8 nitrogen and oxygen atoms in total. The first-order valence-corrected chi connectivity index (χ1v) is 9.81. The Morgan fingerprint density at radius 3 is 2.21 bits per heavy atom.